The number of rotatable bonds is 4. The molecule has 0 aliphatic rings. The number of carbonyl (C=O) groups excluding carboxylic acids is 1. The number of ether oxygens (including phenoxy) is 1. The standard InChI is InChI=1S/C6H13NO2Si/c1-4-9-6(7-5-8)10(2)3/h6,10H,4H2,1-3H3. The van der Waals surface area contributed by atoms with Crippen molar-refractivity contribution in [2.75, 3.05) is 6.61 Å². The highest BCUT2D eigenvalue weighted by molar-refractivity contribution is 6.57. The highest BCUT2D eigenvalue weighted by atomic mass is 28.3. The molecule has 1 atom stereocenters. The van der Waals surface area contributed by atoms with E-state index in [1.807, 2.05) is 6.92 Å². The molecule has 0 heterocycles. The molecular weight excluding hydrogens is 146 g/mol. The Morgan fingerprint density at radius 3 is 2.60 bits per heavy atom. The van der Waals surface area contributed by atoms with Crippen LogP contribution in [0.5, 0.6) is 0 Å². The van der Waals surface area contributed by atoms with Crippen LogP contribution in [0.1, 0.15) is 6.92 Å². The minimum atomic E-state index is -0.972. The molecule has 1 unspecified atom stereocenters. The van der Waals surface area contributed by atoms with Gasteiger partial charge in [-0.1, -0.05) is 13.1 Å². The van der Waals surface area contributed by atoms with Crippen molar-refractivity contribution in [2.45, 2.75) is 25.9 Å². The van der Waals surface area contributed by atoms with Gasteiger partial charge in [-0.15, -0.1) is 0 Å². The fourth-order valence-electron chi connectivity index (χ4n) is 0.601. The predicted octanol–water partition coefficient (Wildman–Crippen LogP) is 0.711. The molecule has 0 spiro atoms. The van der Waals surface area contributed by atoms with Crippen molar-refractivity contribution < 1.29 is 9.53 Å². The Labute approximate surface area is 62.7 Å². The number of nitrogens with zero attached hydrogens (tertiary/aromatic N) is 1. The Hall–Kier alpha value is -0.443. The van der Waals surface area contributed by atoms with E-state index in [0.29, 0.717) is 6.61 Å². The van der Waals surface area contributed by atoms with E-state index in [-0.39, 0.29) is 5.85 Å². The number of isocyanates is 1. The molecule has 0 aliphatic carbocycles. The molecule has 0 N–H and O–H groups in total. The zero-order chi connectivity index (χ0) is 7.98. The van der Waals surface area contributed by atoms with Gasteiger partial charge in [0.2, 0.25) is 6.08 Å². The zero-order valence-corrected chi connectivity index (χ0v) is 7.78. The lowest BCUT2D eigenvalue weighted by Crippen LogP contribution is -2.25. The summed E-state index contributed by atoms with van der Waals surface area (Å²) in [5.41, 5.74) is 0. The minimum Gasteiger partial charge on any atom is -0.360 e. The summed E-state index contributed by atoms with van der Waals surface area (Å²) < 4.78 is 5.18. The Balaban J connectivity index is 3.84. The van der Waals surface area contributed by atoms with Gasteiger partial charge in [-0.05, 0) is 6.92 Å². The van der Waals surface area contributed by atoms with Gasteiger partial charge >= 0.3 is 0 Å². The third-order valence-electron chi connectivity index (χ3n) is 1.09. The fourth-order valence-corrected chi connectivity index (χ4v) is 1.54. The van der Waals surface area contributed by atoms with Crippen LogP contribution in [0.15, 0.2) is 4.99 Å². The second kappa shape index (κ2) is 5.35. The minimum absolute atomic E-state index is 0.178. The number of hydrogen-bond acceptors (Lipinski definition) is 3. The Morgan fingerprint density at radius 2 is 2.30 bits per heavy atom. The third-order valence-corrected chi connectivity index (χ3v) is 2.57. The molecule has 0 aliphatic heterocycles. The Bertz CT molecular complexity index is 132. The third kappa shape index (κ3) is 3.56. The van der Waals surface area contributed by atoms with E-state index in [0.717, 1.165) is 0 Å². The number of hydrogen-bond donors (Lipinski definition) is 0. The monoisotopic (exact) mass is 159 g/mol. The maximum Gasteiger partial charge on any atom is 0.237 e. The molecule has 4 heteroatoms. The lowest BCUT2D eigenvalue weighted by molar-refractivity contribution is 0.120. The summed E-state index contributed by atoms with van der Waals surface area (Å²) >= 11 is 0. The van der Waals surface area contributed by atoms with Gasteiger partial charge < -0.3 is 4.74 Å². The van der Waals surface area contributed by atoms with Crippen LogP contribution in [0.3, 0.4) is 0 Å². The van der Waals surface area contributed by atoms with Gasteiger partial charge in [-0.3, -0.25) is 0 Å². The molecular formula is C6H13NO2Si. The summed E-state index contributed by atoms with van der Waals surface area (Å²) in [4.78, 5) is 13.4. The maximum absolute atomic E-state index is 9.85. The van der Waals surface area contributed by atoms with Crippen LogP contribution in [0.2, 0.25) is 13.1 Å². The van der Waals surface area contributed by atoms with Gasteiger partial charge in [0.25, 0.3) is 0 Å². The van der Waals surface area contributed by atoms with E-state index in [2.05, 4.69) is 18.1 Å². The lowest BCUT2D eigenvalue weighted by Gasteiger charge is -2.12. The van der Waals surface area contributed by atoms with Crippen LogP contribution in [0.4, 0.5) is 0 Å². The lowest BCUT2D eigenvalue weighted by atomic mass is 10.9. The quantitative estimate of drug-likeness (QED) is 0.344. The molecule has 0 aromatic heterocycles. The average molecular weight is 159 g/mol. The van der Waals surface area contributed by atoms with Crippen molar-refractivity contribution >= 4 is 14.9 Å². The van der Waals surface area contributed by atoms with Crippen molar-refractivity contribution in [3.63, 3.8) is 0 Å². The molecule has 0 saturated heterocycles. The van der Waals surface area contributed by atoms with Gasteiger partial charge in [-0.25, -0.2) is 4.79 Å². The first kappa shape index (κ1) is 9.56. The summed E-state index contributed by atoms with van der Waals surface area (Å²) in [7, 11) is -0.972. The summed E-state index contributed by atoms with van der Waals surface area (Å²) in [5.74, 6) is -0.178. The molecule has 58 valence electrons. The van der Waals surface area contributed by atoms with Gasteiger partial charge in [0.05, 0.1) is 8.80 Å². The van der Waals surface area contributed by atoms with Crippen molar-refractivity contribution in [2.24, 2.45) is 4.99 Å². The molecule has 0 aromatic rings. The molecule has 3 nitrogen and oxygen atoms in total. The molecule has 0 amide bonds. The SMILES string of the molecule is CCOC(N=C=O)[SiH](C)C. The van der Waals surface area contributed by atoms with Crippen molar-refractivity contribution in [1.82, 2.24) is 0 Å². The molecule has 0 bridgehead atoms. The highest BCUT2D eigenvalue weighted by Gasteiger charge is 2.11. The van der Waals surface area contributed by atoms with Gasteiger partial charge in [0.15, 0.2) is 0 Å². The van der Waals surface area contributed by atoms with Gasteiger partial charge in [-0.2, -0.15) is 4.99 Å². The highest BCUT2D eigenvalue weighted by Crippen LogP contribution is 1.98. The van der Waals surface area contributed by atoms with Crippen molar-refractivity contribution in [3.8, 4) is 0 Å². The molecule has 0 rings (SSSR count). The first-order valence-corrected chi connectivity index (χ1v) is 6.38. The number of aliphatic imine (C=N–C) groups is 1. The van der Waals surface area contributed by atoms with Crippen molar-refractivity contribution in [1.29, 1.82) is 0 Å². The van der Waals surface area contributed by atoms with E-state index in [1.165, 1.54) is 6.08 Å². The van der Waals surface area contributed by atoms with E-state index in [1.54, 1.807) is 0 Å². The summed E-state index contributed by atoms with van der Waals surface area (Å²) in [6, 6.07) is 0. The summed E-state index contributed by atoms with van der Waals surface area (Å²) in [6.07, 6.45) is 1.52. The smallest absolute Gasteiger partial charge is 0.237 e. The second-order valence-electron chi connectivity index (χ2n) is 2.31. The molecule has 10 heavy (non-hydrogen) atoms. The van der Waals surface area contributed by atoms with Gasteiger partial charge in [0, 0.05) is 6.61 Å². The predicted molar refractivity (Wildman–Crippen MR) is 42.4 cm³/mol. The topological polar surface area (TPSA) is 38.7 Å². The van der Waals surface area contributed by atoms with Gasteiger partial charge in [0.1, 0.15) is 5.85 Å². The first-order chi connectivity index (χ1) is 4.72. The van der Waals surface area contributed by atoms with E-state index < -0.39 is 8.80 Å². The largest absolute Gasteiger partial charge is 0.360 e. The normalized spacial score (nSPS) is 12.8. The van der Waals surface area contributed by atoms with Crippen LogP contribution in [0.25, 0.3) is 0 Å². The molecule has 0 saturated carbocycles. The zero-order valence-electron chi connectivity index (χ0n) is 6.63. The van der Waals surface area contributed by atoms with Crippen LogP contribution in [0, 0.1) is 0 Å². The van der Waals surface area contributed by atoms with Crippen LogP contribution >= 0.6 is 0 Å². The van der Waals surface area contributed by atoms with E-state index in [4.69, 9.17) is 4.74 Å². The first-order valence-electron chi connectivity index (χ1n) is 3.41. The Kier molecular flexibility index (Phi) is 5.11. The Morgan fingerprint density at radius 1 is 1.70 bits per heavy atom. The van der Waals surface area contributed by atoms with Crippen molar-refractivity contribution in [3.05, 3.63) is 0 Å². The van der Waals surface area contributed by atoms with Crippen LogP contribution in [-0.4, -0.2) is 27.3 Å². The molecule has 0 aromatic carbocycles. The molecule has 0 fully saturated rings. The average Bonchev–Trinajstić information content (AvgIpc) is 1.87. The summed E-state index contributed by atoms with van der Waals surface area (Å²) in [6.45, 7) is 6.67. The van der Waals surface area contributed by atoms with E-state index in [9.17, 15) is 4.79 Å². The van der Waals surface area contributed by atoms with Crippen LogP contribution < -0.4 is 0 Å². The summed E-state index contributed by atoms with van der Waals surface area (Å²) in [5, 5.41) is 0. The van der Waals surface area contributed by atoms with E-state index >= 15 is 0 Å². The molecule has 0 radical (unpaired) electrons. The maximum atomic E-state index is 9.85. The fraction of sp³-hybridized carbons (Fsp3) is 0.833. The second-order valence-corrected chi connectivity index (χ2v) is 5.37. The van der Waals surface area contributed by atoms with Crippen LogP contribution in [-0.2, 0) is 9.53 Å².